The molecule has 0 radical (unpaired) electrons. The summed E-state index contributed by atoms with van der Waals surface area (Å²) in [4.78, 5) is 13.1. The van der Waals surface area contributed by atoms with E-state index in [2.05, 4.69) is 30.1 Å². The number of anilines is 2. The number of benzene rings is 1. The Hall–Kier alpha value is -3.47. The highest BCUT2D eigenvalue weighted by Crippen LogP contribution is 2.24. The average Bonchev–Trinajstić information content (AvgIpc) is 3.37. The van der Waals surface area contributed by atoms with E-state index < -0.39 is 10.0 Å². The predicted molar refractivity (Wildman–Crippen MR) is 109 cm³/mol. The van der Waals surface area contributed by atoms with Gasteiger partial charge in [-0.05, 0) is 18.6 Å². The second-order valence-electron chi connectivity index (χ2n) is 6.45. The molecule has 29 heavy (non-hydrogen) atoms. The third-order valence-corrected chi connectivity index (χ3v) is 5.53. The SMILES string of the molecule is Cn1cc(S(=O)(=O)Nc2nc3ccccc3nc2NCCCn2ccnc2)cn1. The largest absolute Gasteiger partial charge is 0.367 e. The second-order valence-corrected chi connectivity index (χ2v) is 8.13. The number of nitrogens with zero attached hydrogens (tertiary/aromatic N) is 6. The van der Waals surface area contributed by atoms with E-state index in [-0.39, 0.29) is 10.7 Å². The summed E-state index contributed by atoms with van der Waals surface area (Å²) in [7, 11) is -2.18. The molecule has 4 aromatic rings. The van der Waals surface area contributed by atoms with Crippen LogP contribution in [0.5, 0.6) is 0 Å². The first-order valence-corrected chi connectivity index (χ1v) is 10.5. The smallest absolute Gasteiger partial charge is 0.266 e. The molecule has 0 spiro atoms. The van der Waals surface area contributed by atoms with E-state index in [9.17, 15) is 8.42 Å². The van der Waals surface area contributed by atoms with E-state index in [0.717, 1.165) is 13.0 Å². The summed E-state index contributed by atoms with van der Waals surface area (Å²) in [6.45, 7) is 1.37. The number of hydrogen-bond acceptors (Lipinski definition) is 7. The number of sulfonamides is 1. The van der Waals surface area contributed by atoms with Gasteiger partial charge in [-0.3, -0.25) is 9.40 Å². The van der Waals surface area contributed by atoms with Crippen molar-refractivity contribution in [3.05, 3.63) is 55.4 Å². The van der Waals surface area contributed by atoms with Crippen LogP contribution in [0.25, 0.3) is 11.0 Å². The number of aryl methyl sites for hydroxylation is 2. The van der Waals surface area contributed by atoms with Crippen LogP contribution in [-0.4, -0.2) is 44.3 Å². The van der Waals surface area contributed by atoms with Gasteiger partial charge in [-0.2, -0.15) is 5.10 Å². The van der Waals surface area contributed by atoms with Gasteiger partial charge in [0.15, 0.2) is 11.6 Å². The van der Waals surface area contributed by atoms with Crippen LogP contribution in [0.1, 0.15) is 6.42 Å². The highest BCUT2D eigenvalue weighted by Gasteiger charge is 2.20. The van der Waals surface area contributed by atoms with E-state index in [1.54, 1.807) is 25.6 Å². The lowest BCUT2D eigenvalue weighted by atomic mass is 10.3. The van der Waals surface area contributed by atoms with Gasteiger partial charge in [0.25, 0.3) is 10.0 Å². The molecule has 1 aromatic carbocycles. The molecule has 0 saturated heterocycles. The number of aromatic nitrogens is 6. The van der Waals surface area contributed by atoms with Crippen molar-refractivity contribution < 1.29 is 8.42 Å². The molecule has 0 bridgehead atoms. The van der Waals surface area contributed by atoms with Gasteiger partial charge in [0.05, 0.1) is 23.6 Å². The van der Waals surface area contributed by atoms with Gasteiger partial charge in [0, 0.05) is 38.7 Å². The molecule has 0 aliphatic rings. The number of hydrogen-bond donors (Lipinski definition) is 2. The topological polar surface area (TPSA) is 120 Å². The molecule has 0 atom stereocenters. The zero-order valence-corrected chi connectivity index (χ0v) is 16.5. The minimum Gasteiger partial charge on any atom is -0.367 e. The molecule has 150 valence electrons. The molecular formula is C18H20N8O2S. The van der Waals surface area contributed by atoms with Gasteiger partial charge in [0.1, 0.15) is 4.90 Å². The van der Waals surface area contributed by atoms with Crippen molar-refractivity contribution in [3.8, 4) is 0 Å². The zero-order chi connectivity index (χ0) is 20.3. The Morgan fingerprint density at radius 1 is 1.10 bits per heavy atom. The lowest BCUT2D eigenvalue weighted by Gasteiger charge is -2.13. The monoisotopic (exact) mass is 412 g/mol. The van der Waals surface area contributed by atoms with Crippen LogP contribution in [-0.2, 0) is 23.6 Å². The third kappa shape index (κ3) is 4.35. The van der Waals surface area contributed by atoms with Crippen molar-refractivity contribution in [1.82, 2.24) is 29.3 Å². The van der Waals surface area contributed by atoms with Crippen molar-refractivity contribution in [3.63, 3.8) is 0 Å². The molecule has 0 aliphatic carbocycles. The molecule has 0 aliphatic heterocycles. The van der Waals surface area contributed by atoms with Crippen LogP contribution in [0.3, 0.4) is 0 Å². The van der Waals surface area contributed by atoms with Crippen LogP contribution in [0, 0.1) is 0 Å². The maximum atomic E-state index is 12.7. The van der Waals surface area contributed by atoms with Gasteiger partial charge in [-0.15, -0.1) is 0 Å². The quantitative estimate of drug-likeness (QED) is 0.424. The molecule has 0 saturated carbocycles. The Morgan fingerprint density at radius 2 is 1.86 bits per heavy atom. The van der Waals surface area contributed by atoms with Crippen LogP contribution in [0.15, 0.2) is 60.3 Å². The summed E-state index contributed by atoms with van der Waals surface area (Å²) in [5.74, 6) is 0.525. The molecule has 3 aromatic heterocycles. The molecule has 0 unspecified atom stereocenters. The summed E-state index contributed by atoms with van der Waals surface area (Å²) < 4.78 is 31.4. The van der Waals surface area contributed by atoms with Gasteiger partial charge in [-0.1, -0.05) is 12.1 Å². The van der Waals surface area contributed by atoms with Crippen LogP contribution >= 0.6 is 0 Å². The number of rotatable bonds is 8. The highest BCUT2D eigenvalue weighted by molar-refractivity contribution is 7.92. The maximum Gasteiger partial charge on any atom is 0.266 e. The first kappa shape index (κ1) is 18.9. The molecule has 0 fully saturated rings. The van der Waals surface area contributed by atoms with Crippen LogP contribution in [0.4, 0.5) is 11.6 Å². The Kier molecular flexibility index (Phi) is 5.12. The molecule has 11 heteroatoms. The van der Waals surface area contributed by atoms with E-state index in [0.29, 0.717) is 23.4 Å². The molecule has 10 nitrogen and oxygen atoms in total. The summed E-state index contributed by atoms with van der Waals surface area (Å²) in [5.41, 5.74) is 1.27. The molecule has 0 amide bonds. The van der Waals surface area contributed by atoms with E-state index in [1.807, 2.05) is 29.0 Å². The van der Waals surface area contributed by atoms with Gasteiger partial charge in [-0.25, -0.2) is 23.4 Å². The number of imidazole rings is 1. The van der Waals surface area contributed by atoms with Crippen LogP contribution < -0.4 is 10.0 Å². The zero-order valence-electron chi connectivity index (χ0n) is 15.7. The Balaban J connectivity index is 1.58. The molecule has 4 rings (SSSR count). The lowest BCUT2D eigenvalue weighted by Crippen LogP contribution is -2.17. The first-order valence-electron chi connectivity index (χ1n) is 8.99. The van der Waals surface area contributed by atoms with Crippen molar-refractivity contribution in [2.75, 3.05) is 16.6 Å². The minimum absolute atomic E-state index is 0.0565. The van der Waals surface area contributed by atoms with E-state index >= 15 is 0 Å². The van der Waals surface area contributed by atoms with E-state index in [4.69, 9.17) is 0 Å². The Morgan fingerprint density at radius 3 is 2.52 bits per heavy atom. The van der Waals surface area contributed by atoms with Gasteiger partial charge >= 0.3 is 0 Å². The fraction of sp³-hybridized carbons (Fsp3) is 0.222. The number of nitrogens with one attached hydrogen (secondary N) is 2. The summed E-state index contributed by atoms with van der Waals surface area (Å²) in [5, 5.41) is 7.11. The average molecular weight is 412 g/mol. The van der Waals surface area contributed by atoms with Crippen molar-refractivity contribution in [2.24, 2.45) is 7.05 Å². The summed E-state index contributed by atoms with van der Waals surface area (Å²) in [6.07, 6.45) is 8.89. The normalized spacial score (nSPS) is 11.6. The van der Waals surface area contributed by atoms with Crippen molar-refractivity contribution in [2.45, 2.75) is 17.9 Å². The lowest BCUT2D eigenvalue weighted by molar-refractivity contribution is 0.601. The van der Waals surface area contributed by atoms with Crippen molar-refractivity contribution >= 4 is 32.7 Å². The molecule has 3 heterocycles. The van der Waals surface area contributed by atoms with Crippen LogP contribution in [0.2, 0.25) is 0 Å². The first-order chi connectivity index (χ1) is 14.0. The van der Waals surface area contributed by atoms with Gasteiger partial charge in [0.2, 0.25) is 0 Å². The Labute approximate surface area is 167 Å². The third-order valence-electron chi connectivity index (χ3n) is 4.24. The predicted octanol–water partition coefficient (Wildman–Crippen LogP) is 1.86. The van der Waals surface area contributed by atoms with E-state index in [1.165, 1.54) is 17.1 Å². The number of para-hydroxylation sites is 2. The summed E-state index contributed by atoms with van der Waals surface area (Å²) >= 11 is 0. The molecular weight excluding hydrogens is 392 g/mol. The maximum absolute atomic E-state index is 12.7. The Bertz CT molecular complexity index is 1220. The second kappa shape index (κ2) is 7.87. The number of fused-ring (bicyclic) bond motifs is 1. The minimum atomic E-state index is -3.84. The fourth-order valence-electron chi connectivity index (χ4n) is 2.81. The summed E-state index contributed by atoms with van der Waals surface area (Å²) in [6, 6.07) is 7.30. The van der Waals surface area contributed by atoms with Gasteiger partial charge < -0.3 is 9.88 Å². The highest BCUT2D eigenvalue weighted by atomic mass is 32.2. The fourth-order valence-corrected chi connectivity index (χ4v) is 3.80. The standard InChI is InChI=1S/C18H20N8O2S/c1-25-12-14(11-21-25)29(27,28)24-18-17(20-7-4-9-26-10-8-19-13-26)22-15-5-2-3-6-16(15)23-18/h2-3,5-6,8,10-13H,4,7,9H2,1H3,(H,20,22)(H,23,24). The molecule has 2 N–H and O–H groups in total. The van der Waals surface area contributed by atoms with Crippen molar-refractivity contribution in [1.29, 1.82) is 0 Å².